The van der Waals surface area contributed by atoms with Crippen LogP contribution < -0.4 is 4.74 Å². The third-order valence-electron chi connectivity index (χ3n) is 5.95. The van der Waals surface area contributed by atoms with Gasteiger partial charge in [0.1, 0.15) is 11.5 Å². The van der Waals surface area contributed by atoms with Gasteiger partial charge in [-0.1, -0.05) is 36.4 Å². The molecule has 1 unspecified atom stereocenters. The highest BCUT2D eigenvalue weighted by molar-refractivity contribution is 5.90. The number of nitrogens with zero attached hydrogens (tertiary/aromatic N) is 2. The molecule has 2 amide bonds. The van der Waals surface area contributed by atoms with Gasteiger partial charge in [0.25, 0.3) is 0 Å². The van der Waals surface area contributed by atoms with Gasteiger partial charge in [0.05, 0.1) is 12.0 Å². The first-order chi connectivity index (χ1) is 13.2. The van der Waals surface area contributed by atoms with Gasteiger partial charge in [0.15, 0.2) is 0 Å². The predicted octanol–water partition coefficient (Wildman–Crippen LogP) is 3.15. The van der Waals surface area contributed by atoms with Gasteiger partial charge in [0.2, 0.25) is 11.8 Å². The van der Waals surface area contributed by atoms with Crippen molar-refractivity contribution in [2.75, 3.05) is 19.6 Å². The molecule has 2 aromatic rings. The van der Waals surface area contributed by atoms with Gasteiger partial charge < -0.3 is 14.5 Å². The molecule has 3 aliphatic rings. The molecule has 3 aliphatic heterocycles. The first-order valence-corrected chi connectivity index (χ1v) is 9.66. The normalized spacial score (nSPS) is 21.8. The molecule has 0 bridgehead atoms. The molecule has 5 rings (SSSR count). The number of ether oxygens (including phenoxy) is 1. The Labute approximate surface area is 158 Å². The van der Waals surface area contributed by atoms with Crippen LogP contribution in [0.3, 0.4) is 0 Å². The van der Waals surface area contributed by atoms with E-state index in [4.69, 9.17) is 4.74 Å². The highest BCUT2D eigenvalue weighted by Gasteiger charge is 2.40. The fourth-order valence-electron chi connectivity index (χ4n) is 4.61. The average molecular weight is 362 g/mol. The number of benzene rings is 2. The Kier molecular flexibility index (Phi) is 3.88. The molecule has 0 aromatic heterocycles. The molecular weight excluding hydrogens is 340 g/mol. The van der Waals surface area contributed by atoms with Crippen molar-refractivity contribution in [3.05, 3.63) is 59.7 Å². The molecule has 2 aromatic carbocycles. The molecule has 0 saturated carbocycles. The summed E-state index contributed by atoms with van der Waals surface area (Å²) in [6.07, 6.45) is 2.44. The van der Waals surface area contributed by atoms with Crippen LogP contribution in [0.25, 0.3) is 0 Å². The summed E-state index contributed by atoms with van der Waals surface area (Å²) in [5, 5.41) is 0. The molecule has 2 saturated heterocycles. The molecule has 1 atom stereocenters. The van der Waals surface area contributed by atoms with Crippen molar-refractivity contribution in [3.8, 4) is 11.5 Å². The Morgan fingerprint density at radius 2 is 1.63 bits per heavy atom. The zero-order valence-electron chi connectivity index (χ0n) is 15.1. The van der Waals surface area contributed by atoms with Crippen LogP contribution in [0.1, 0.15) is 36.3 Å². The highest BCUT2D eigenvalue weighted by atomic mass is 16.5. The van der Waals surface area contributed by atoms with E-state index in [0.717, 1.165) is 42.0 Å². The van der Waals surface area contributed by atoms with Gasteiger partial charge in [-0.05, 0) is 25.0 Å². The summed E-state index contributed by atoms with van der Waals surface area (Å²) >= 11 is 0. The summed E-state index contributed by atoms with van der Waals surface area (Å²) in [7, 11) is 0. The Bertz CT molecular complexity index is 864. The van der Waals surface area contributed by atoms with Crippen LogP contribution in [0.15, 0.2) is 48.5 Å². The van der Waals surface area contributed by atoms with Crippen molar-refractivity contribution in [1.29, 1.82) is 0 Å². The smallest absolute Gasteiger partial charge is 0.234 e. The first kappa shape index (κ1) is 16.4. The maximum absolute atomic E-state index is 13.5. The lowest BCUT2D eigenvalue weighted by molar-refractivity contribution is -0.133. The minimum Gasteiger partial charge on any atom is -0.457 e. The fraction of sp³-hybridized carbons (Fsp3) is 0.364. The van der Waals surface area contributed by atoms with E-state index in [1.165, 1.54) is 0 Å². The zero-order valence-corrected chi connectivity index (χ0v) is 15.1. The number of carbonyl (C=O) groups is 2. The van der Waals surface area contributed by atoms with Crippen LogP contribution in [0, 0.1) is 0 Å². The lowest BCUT2D eigenvalue weighted by atomic mass is 9.87. The van der Waals surface area contributed by atoms with Gasteiger partial charge >= 0.3 is 0 Å². The number of para-hydroxylation sites is 2. The molecule has 3 heterocycles. The zero-order chi connectivity index (χ0) is 18.4. The molecule has 0 spiro atoms. The third-order valence-corrected chi connectivity index (χ3v) is 5.95. The van der Waals surface area contributed by atoms with E-state index >= 15 is 0 Å². The van der Waals surface area contributed by atoms with Crippen LogP contribution >= 0.6 is 0 Å². The summed E-state index contributed by atoms with van der Waals surface area (Å²) in [6.45, 7) is 2.16. The summed E-state index contributed by atoms with van der Waals surface area (Å²) in [6, 6.07) is 15.7. The van der Waals surface area contributed by atoms with Gasteiger partial charge in [-0.15, -0.1) is 0 Å². The second kappa shape index (κ2) is 6.41. The Hall–Kier alpha value is -2.82. The maximum atomic E-state index is 13.5. The number of likely N-dealkylation sites (tertiary alicyclic amines) is 2. The molecule has 138 valence electrons. The van der Waals surface area contributed by atoms with Crippen LogP contribution in [-0.2, 0) is 9.59 Å². The van der Waals surface area contributed by atoms with Gasteiger partial charge in [0, 0.05) is 37.2 Å². The monoisotopic (exact) mass is 362 g/mol. The minimum atomic E-state index is -0.348. The lowest BCUT2D eigenvalue weighted by Gasteiger charge is -2.31. The van der Waals surface area contributed by atoms with E-state index in [2.05, 4.69) is 0 Å². The standard InChI is InChI=1S/C22H22N2O3/c25-20-10-5-12-24(20)15-11-13-23(14-15)22(26)21-16-6-1-3-8-18(16)27-19-9-4-2-7-17(19)21/h1-4,6-9,15,21H,5,10-14H2. The van der Waals surface area contributed by atoms with E-state index in [0.29, 0.717) is 19.5 Å². The second-order valence-electron chi connectivity index (χ2n) is 7.53. The highest BCUT2D eigenvalue weighted by Crippen LogP contribution is 2.45. The Balaban J connectivity index is 1.44. The maximum Gasteiger partial charge on any atom is 0.234 e. The van der Waals surface area contributed by atoms with Crippen LogP contribution in [0.2, 0.25) is 0 Å². The van der Waals surface area contributed by atoms with Gasteiger partial charge in [-0.3, -0.25) is 9.59 Å². The summed E-state index contributed by atoms with van der Waals surface area (Å²) in [4.78, 5) is 29.5. The first-order valence-electron chi connectivity index (χ1n) is 9.66. The van der Waals surface area contributed by atoms with Crippen LogP contribution in [-0.4, -0.2) is 47.3 Å². The molecular formula is C22H22N2O3. The largest absolute Gasteiger partial charge is 0.457 e. The van der Waals surface area contributed by atoms with Crippen molar-refractivity contribution < 1.29 is 14.3 Å². The minimum absolute atomic E-state index is 0.104. The van der Waals surface area contributed by atoms with Crippen LogP contribution in [0.5, 0.6) is 11.5 Å². The number of hydrogen-bond acceptors (Lipinski definition) is 3. The fourth-order valence-corrected chi connectivity index (χ4v) is 4.61. The van der Waals surface area contributed by atoms with E-state index < -0.39 is 0 Å². The van der Waals surface area contributed by atoms with Gasteiger partial charge in [-0.2, -0.15) is 0 Å². The summed E-state index contributed by atoms with van der Waals surface area (Å²) in [5.41, 5.74) is 1.84. The van der Waals surface area contributed by atoms with E-state index in [-0.39, 0.29) is 23.8 Å². The molecule has 2 fully saturated rings. The van der Waals surface area contributed by atoms with Crippen molar-refractivity contribution in [2.24, 2.45) is 0 Å². The lowest BCUT2D eigenvalue weighted by Crippen LogP contribution is -2.41. The van der Waals surface area contributed by atoms with E-state index in [1.54, 1.807) is 0 Å². The quantitative estimate of drug-likeness (QED) is 0.825. The average Bonchev–Trinajstić information content (AvgIpc) is 3.34. The number of rotatable bonds is 2. The van der Waals surface area contributed by atoms with Crippen LogP contribution in [0.4, 0.5) is 0 Å². The van der Waals surface area contributed by atoms with Crippen molar-refractivity contribution in [3.63, 3.8) is 0 Å². The van der Waals surface area contributed by atoms with Crippen molar-refractivity contribution in [1.82, 2.24) is 9.80 Å². The molecule has 5 heteroatoms. The van der Waals surface area contributed by atoms with Crippen molar-refractivity contribution in [2.45, 2.75) is 31.2 Å². The number of fused-ring (bicyclic) bond motifs is 2. The summed E-state index contributed by atoms with van der Waals surface area (Å²) < 4.78 is 6.01. The van der Waals surface area contributed by atoms with Crippen molar-refractivity contribution >= 4 is 11.8 Å². The van der Waals surface area contributed by atoms with E-state index in [9.17, 15) is 9.59 Å². The third kappa shape index (κ3) is 2.69. The number of hydrogen-bond donors (Lipinski definition) is 0. The predicted molar refractivity (Wildman–Crippen MR) is 101 cm³/mol. The molecule has 0 radical (unpaired) electrons. The molecule has 5 nitrogen and oxygen atoms in total. The Morgan fingerprint density at radius 3 is 2.26 bits per heavy atom. The number of amides is 2. The topological polar surface area (TPSA) is 49.9 Å². The van der Waals surface area contributed by atoms with Gasteiger partial charge in [-0.25, -0.2) is 0 Å². The molecule has 0 N–H and O–H groups in total. The molecule has 0 aliphatic carbocycles. The molecule has 27 heavy (non-hydrogen) atoms. The Morgan fingerprint density at radius 1 is 0.963 bits per heavy atom. The summed E-state index contributed by atoms with van der Waals surface area (Å²) in [5.74, 6) is 1.49. The van der Waals surface area contributed by atoms with E-state index in [1.807, 2.05) is 58.3 Å². The number of carbonyl (C=O) groups excluding carboxylic acids is 2. The second-order valence-corrected chi connectivity index (χ2v) is 7.53. The SMILES string of the molecule is O=C(C1c2ccccc2Oc2ccccc21)N1CCC(N2CCCC2=O)C1.